The van der Waals surface area contributed by atoms with Crippen LogP contribution in [0.2, 0.25) is 0 Å². The van der Waals surface area contributed by atoms with Crippen LogP contribution in [0.15, 0.2) is 30.3 Å². The maximum atomic E-state index is 12.5. The zero-order valence-electron chi connectivity index (χ0n) is 14.3. The van der Waals surface area contributed by atoms with Gasteiger partial charge in [0.05, 0.1) is 5.69 Å². The van der Waals surface area contributed by atoms with Gasteiger partial charge in [-0.1, -0.05) is 18.2 Å². The summed E-state index contributed by atoms with van der Waals surface area (Å²) in [6.45, 7) is 2.55. The standard InChI is InChI=1S/C20H21N3OS/c1-12-5-8-16-17(21)18(25-20(16)23-12)19(24)22-10-9-13-6-7-14-3-2-4-15(14)11-13/h5-8,11H,2-4,9-10,21H2,1H3,(H,22,24). The van der Waals surface area contributed by atoms with Gasteiger partial charge in [0.2, 0.25) is 0 Å². The molecule has 4 nitrogen and oxygen atoms in total. The van der Waals surface area contributed by atoms with Crippen LogP contribution in [-0.4, -0.2) is 17.4 Å². The van der Waals surface area contributed by atoms with E-state index in [0.29, 0.717) is 17.1 Å². The second-order valence-electron chi connectivity index (χ2n) is 6.61. The fraction of sp³-hybridized carbons (Fsp3) is 0.300. The van der Waals surface area contributed by atoms with Gasteiger partial charge in [-0.3, -0.25) is 4.79 Å². The second-order valence-corrected chi connectivity index (χ2v) is 7.61. The number of amides is 1. The number of anilines is 1. The van der Waals surface area contributed by atoms with Crippen molar-refractivity contribution < 1.29 is 4.79 Å². The average Bonchev–Trinajstić information content (AvgIpc) is 3.18. The molecule has 1 aliphatic carbocycles. The third-order valence-corrected chi connectivity index (χ3v) is 5.92. The molecule has 25 heavy (non-hydrogen) atoms. The summed E-state index contributed by atoms with van der Waals surface area (Å²) in [5, 5.41) is 3.86. The molecule has 0 bridgehead atoms. The van der Waals surface area contributed by atoms with E-state index < -0.39 is 0 Å². The quantitative estimate of drug-likeness (QED) is 0.754. The predicted molar refractivity (Wildman–Crippen MR) is 103 cm³/mol. The highest BCUT2D eigenvalue weighted by atomic mass is 32.1. The molecule has 5 heteroatoms. The van der Waals surface area contributed by atoms with E-state index in [1.807, 2.05) is 19.1 Å². The number of nitrogens with one attached hydrogen (secondary N) is 1. The summed E-state index contributed by atoms with van der Waals surface area (Å²) in [4.78, 5) is 18.3. The van der Waals surface area contributed by atoms with Crippen LogP contribution in [0.5, 0.6) is 0 Å². The number of aryl methyl sites for hydroxylation is 3. The monoisotopic (exact) mass is 351 g/mol. The van der Waals surface area contributed by atoms with Crippen molar-refractivity contribution in [3.63, 3.8) is 0 Å². The molecule has 3 aromatic rings. The molecule has 0 atom stereocenters. The molecule has 1 amide bonds. The summed E-state index contributed by atoms with van der Waals surface area (Å²) < 4.78 is 0. The summed E-state index contributed by atoms with van der Waals surface area (Å²) >= 11 is 1.36. The molecular weight excluding hydrogens is 330 g/mol. The lowest BCUT2D eigenvalue weighted by molar-refractivity contribution is 0.0959. The zero-order chi connectivity index (χ0) is 17.4. The van der Waals surface area contributed by atoms with Crippen LogP contribution in [0.25, 0.3) is 10.2 Å². The number of nitrogens with zero attached hydrogens (tertiary/aromatic N) is 1. The van der Waals surface area contributed by atoms with Crippen molar-refractivity contribution in [3.8, 4) is 0 Å². The Bertz CT molecular complexity index is 961. The van der Waals surface area contributed by atoms with Crippen LogP contribution in [0.3, 0.4) is 0 Å². The maximum absolute atomic E-state index is 12.5. The molecule has 128 valence electrons. The van der Waals surface area contributed by atoms with Gasteiger partial charge in [-0.15, -0.1) is 11.3 Å². The van der Waals surface area contributed by atoms with Gasteiger partial charge in [0.1, 0.15) is 9.71 Å². The maximum Gasteiger partial charge on any atom is 0.263 e. The van der Waals surface area contributed by atoms with Gasteiger partial charge in [-0.25, -0.2) is 4.98 Å². The Hall–Kier alpha value is -2.40. The Balaban J connectivity index is 1.43. The SMILES string of the molecule is Cc1ccc2c(N)c(C(=O)NCCc3ccc4c(c3)CCC4)sc2n1. The summed E-state index contributed by atoms with van der Waals surface area (Å²) in [7, 11) is 0. The van der Waals surface area contributed by atoms with Crippen LogP contribution in [0, 0.1) is 6.92 Å². The molecule has 0 unspecified atom stereocenters. The minimum absolute atomic E-state index is 0.112. The van der Waals surface area contributed by atoms with Crippen LogP contribution in [-0.2, 0) is 19.3 Å². The number of aromatic nitrogens is 1. The molecular formula is C20H21N3OS. The normalized spacial score (nSPS) is 13.2. The Morgan fingerprint density at radius 3 is 2.96 bits per heavy atom. The fourth-order valence-corrected chi connectivity index (χ4v) is 4.50. The van der Waals surface area contributed by atoms with Gasteiger partial charge in [0, 0.05) is 17.6 Å². The van der Waals surface area contributed by atoms with Gasteiger partial charge >= 0.3 is 0 Å². The summed E-state index contributed by atoms with van der Waals surface area (Å²) in [6, 6.07) is 10.6. The molecule has 3 N–H and O–H groups in total. The van der Waals surface area contributed by atoms with E-state index in [-0.39, 0.29) is 5.91 Å². The molecule has 0 aliphatic heterocycles. The predicted octanol–water partition coefficient (Wildman–Crippen LogP) is 3.65. The third kappa shape index (κ3) is 3.12. The van der Waals surface area contributed by atoms with Gasteiger partial charge in [0.25, 0.3) is 5.91 Å². The Morgan fingerprint density at radius 1 is 1.24 bits per heavy atom. The first kappa shape index (κ1) is 16.1. The fourth-order valence-electron chi connectivity index (χ4n) is 3.44. The topological polar surface area (TPSA) is 68.0 Å². The van der Waals surface area contributed by atoms with E-state index >= 15 is 0 Å². The second kappa shape index (κ2) is 6.48. The lowest BCUT2D eigenvalue weighted by Gasteiger charge is -2.07. The highest BCUT2D eigenvalue weighted by molar-refractivity contribution is 7.21. The van der Waals surface area contributed by atoms with Crippen LogP contribution in [0.4, 0.5) is 5.69 Å². The molecule has 0 spiro atoms. The number of carbonyl (C=O) groups excluding carboxylic acids is 1. The molecule has 4 rings (SSSR count). The van der Waals surface area contributed by atoms with Crippen molar-refractivity contribution in [2.45, 2.75) is 32.6 Å². The van der Waals surface area contributed by atoms with Gasteiger partial charge in [0.15, 0.2) is 0 Å². The molecule has 0 saturated heterocycles. The molecule has 0 radical (unpaired) electrons. The first-order valence-electron chi connectivity index (χ1n) is 8.66. The first-order valence-corrected chi connectivity index (χ1v) is 9.48. The number of carbonyl (C=O) groups is 1. The number of hydrogen-bond donors (Lipinski definition) is 2. The molecule has 1 aliphatic rings. The van der Waals surface area contributed by atoms with E-state index in [2.05, 4.69) is 28.5 Å². The number of hydrogen-bond acceptors (Lipinski definition) is 4. The Labute approximate surface area is 151 Å². The van der Waals surface area contributed by atoms with Crippen molar-refractivity contribution in [2.24, 2.45) is 0 Å². The van der Waals surface area contributed by atoms with Crippen LogP contribution < -0.4 is 11.1 Å². The summed E-state index contributed by atoms with van der Waals surface area (Å²) in [6.07, 6.45) is 4.47. The molecule has 0 fully saturated rings. The van der Waals surface area contributed by atoms with Gasteiger partial charge in [-0.05, 0) is 61.4 Å². The third-order valence-electron chi connectivity index (χ3n) is 4.80. The van der Waals surface area contributed by atoms with Crippen LogP contribution >= 0.6 is 11.3 Å². The Morgan fingerprint density at radius 2 is 2.08 bits per heavy atom. The molecule has 0 saturated carbocycles. The van der Waals surface area contributed by atoms with Gasteiger partial charge < -0.3 is 11.1 Å². The molecule has 1 aromatic carbocycles. The van der Waals surface area contributed by atoms with Crippen molar-refractivity contribution in [3.05, 3.63) is 57.6 Å². The average molecular weight is 351 g/mol. The van der Waals surface area contributed by atoms with Crippen molar-refractivity contribution in [1.29, 1.82) is 0 Å². The number of nitrogens with two attached hydrogens (primary N) is 1. The van der Waals surface area contributed by atoms with Crippen LogP contribution in [0.1, 0.15) is 38.5 Å². The summed E-state index contributed by atoms with van der Waals surface area (Å²) in [5.74, 6) is -0.112. The zero-order valence-corrected chi connectivity index (χ0v) is 15.1. The molecule has 2 heterocycles. The number of benzene rings is 1. The van der Waals surface area contributed by atoms with Crippen molar-refractivity contribution in [1.82, 2.24) is 10.3 Å². The number of nitrogen functional groups attached to an aromatic ring is 1. The highest BCUT2D eigenvalue weighted by Crippen LogP contribution is 2.32. The van der Waals surface area contributed by atoms with Crippen molar-refractivity contribution in [2.75, 3.05) is 12.3 Å². The lowest BCUT2D eigenvalue weighted by atomic mass is 10.0. The van der Waals surface area contributed by atoms with Gasteiger partial charge in [-0.2, -0.15) is 0 Å². The molecule has 2 aromatic heterocycles. The minimum atomic E-state index is -0.112. The first-order chi connectivity index (χ1) is 12.1. The van der Waals surface area contributed by atoms with Crippen molar-refractivity contribution >= 4 is 33.1 Å². The number of rotatable bonds is 4. The lowest BCUT2D eigenvalue weighted by Crippen LogP contribution is -2.25. The Kier molecular flexibility index (Phi) is 4.17. The summed E-state index contributed by atoms with van der Waals surface area (Å²) in [5.41, 5.74) is 11.8. The smallest absolute Gasteiger partial charge is 0.263 e. The van der Waals surface area contributed by atoms with E-state index in [4.69, 9.17) is 5.73 Å². The minimum Gasteiger partial charge on any atom is -0.397 e. The van der Waals surface area contributed by atoms with E-state index in [0.717, 1.165) is 22.3 Å². The number of pyridine rings is 1. The van der Waals surface area contributed by atoms with E-state index in [1.54, 1.807) is 0 Å². The number of thiophene rings is 1. The highest BCUT2D eigenvalue weighted by Gasteiger charge is 2.17. The largest absolute Gasteiger partial charge is 0.397 e. The number of fused-ring (bicyclic) bond motifs is 2. The van der Waals surface area contributed by atoms with E-state index in [9.17, 15) is 4.79 Å². The van der Waals surface area contributed by atoms with E-state index in [1.165, 1.54) is 47.3 Å².